The van der Waals surface area contributed by atoms with Gasteiger partial charge in [0.25, 0.3) is 5.56 Å². The molecule has 0 unspecified atom stereocenters. The Morgan fingerprint density at radius 1 is 1.44 bits per heavy atom. The second-order valence-corrected chi connectivity index (χ2v) is 7.25. The monoisotopic (exact) mass is 358 g/mol. The molecule has 4 heterocycles. The van der Waals surface area contributed by atoms with Crippen LogP contribution in [0, 0.1) is 13.8 Å². The number of aryl methyl sites for hydroxylation is 2. The zero-order valence-corrected chi connectivity index (χ0v) is 14.8. The SMILES string of the molecule is Cc1n[nH]c(=O)c2c(NC(=O)CN3CCc4sccc4C3)oc(C)c12. The molecule has 0 aromatic carbocycles. The van der Waals surface area contributed by atoms with E-state index in [1.54, 1.807) is 25.2 Å². The number of aromatic amines is 1. The molecule has 130 valence electrons. The first-order valence-electron chi connectivity index (χ1n) is 8.08. The van der Waals surface area contributed by atoms with E-state index in [9.17, 15) is 9.59 Å². The minimum Gasteiger partial charge on any atom is -0.444 e. The molecule has 2 N–H and O–H groups in total. The molecule has 0 saturated carbocycles. The summed E-state index contributed by atoms with van der Waals surface area (Å²) in [5.74, 6) is 0.572. The zero-order valence-electron chi connectivity index (χ0n) is 14.0. The maximum Gasteiger partial charge on any atom is 0.277 e. The summed E-state index contributed by atoms with van der Waals surface area (Å²) in [7, 11) is 0. The first kappa shape index (κ1) is 16.0. The summed E-state index contributed by atoms with van der Waals surface area (Å²) >= 11 is 1.77. The van der Waals surface area contributed by atoms with Crippen LogP contribution in [0.25, 0.3) is 10.8 Å². The second-order valence-electron chi connectivity index (χ2n) is 6.25. The summed E-state index contributed by atoms with van der Waals surface area (Å²) in [5.41, 5.74) is 1.59. The number of fused-ring (bicyclic) bond motifs is 2. The molecule has 0 bridgehead atoms. The standard InChI is InChI=1S/C17H18N4O3S/c1-9-14-10(2)24-17(15(14)16(23)20-19-9)18-13(22)8-21-5-3-12-11(7-21)4-6-25-12/h4,6H,3,5,7-8H2,1-2H3,(H,18,22)(H,20,23). The van der Waals surface area contributed by atoms with Crippen LogP contribution in [0.3, 0.4) is 0 Å². The minimum atomic E-state index is -0.367. The molecular formula is C17H18N4O3S. The van der Waals surface area contributed by atoms with Gasteiger partial charge in [0.2, 0.25) is 11.8 Å². The van der Waals surface area contributed by atoms with Gasteiger partial charge in [-0.2, -0.15) is 5.10 Å². The molecule has 1 amide bonds. The van der Waals surface area contributed by atoms with E-state index in [0.717, 1.165) is 19.5 Å². The lowest BCUT2D eigenvalue weighted by Gasteiger charge is -2.25. The van der Waals surface area contributed by atoms with Gasteiger partial charge < -0.3 is 4.42 Å². The third-order valence-electron chi connectivity index (χ3n) is 4.51. The number of nitrogens with one attached hydrogen (secondary N) is 2. The van der Waals surface area contributed by atoms with Crippen molar-refractivity contribution in [3.8, 4) is 0 Å². The van der Waals surface area contributed by atoms with Crippen molar-refractivity contribution in [1.29, 1.82) is 0 Å². The first-order valence-corrected chi connectivity index (χ1v) is 8.96. The minimum absolute atomic E-state index is 0.191. The molecule has 4 rings (SSSR count). The summed E-state index contributed by atoms with van der Waals surface area (Å²) in [6.45, 7) is 5.43. The fourth-order valence-corrected chi connectivity index (χ4v) is 4.23. The fraction of sp³-hybridized carbons (Fsp3) is 0.353. The summed E-state index contributed by atoms with van der Waals surface area (Å²) in [5, 5.41) is 12.2. The van der Waals surface area contributed by atoms with Crippen molar-refractivity contribution < 1.29 is 9.21 Å². The van der Waals surface area contributed by atoms with E-state index in [2.05, 4.69) is 31.9 Å². The number of amides is 1. The van der Waals surface area contributed by atoms with Gasteiger partial charge in [-0.3, -0.25) is 19.8 Å². The molecule has 0 atom stereocenters. The van der Waals surface area contributed by atoms with Crippen LogP contribution in [-0.2, 0) is 17.8 Å². The van der Waals surface area contributed by atoms with Crippen LogP contribution in [0.15, 0.2) is 20.7 Å². The highest BCUT2D eigenvalue weighted by atomic mass is 32.1. The number of H-pyrrole nitrogens is 1. The van der Waals surface area contributed by atoms with Crippen molar-refractivity contribution in [3.05, 3.63) is 43.7 Å². The van der Waals surface area contributed by atoms with Gasteiger partial charge in [0, 0.05) is 18.0 Å². The number of aromatic nitrogens is 2. The van der Waals surface area contributed by atoms with Crippen LogP contribution in [0.5, 0.6) is 0 Å². The maximum atomic E-state index is 12.4. The van der Waals surface area contributed by atoms with E-state index >= 15 is 0 Å². The van der Waals surface area contributed by atoms with Gasteiger partial charge in [0.15, 0.2) is 0 Å². The molecule has 3 aromatic heterocycles. The molecule has 0 aliphatic carbocycles. The van der Waals surface area contributed by atoms with Gasteiger partial charge >= 0.3 is 0 Å². The topological polar surface area (TPSA) is 91.2 Å². The van der Waals surface area contributed by atoms with Gasteiger partial charge in [-0.05, 0) is 37.3 Å². The fourth-order valence-electron chi connectivity index (χ4n) is 3.34. The number of thiophene rings is 1. The van der Waals surface area contributed by atoms with Gasteiger partial charge in [0.05, 0.1) is 17.6 Å². The van der Waals surface area contributed by atoms with Crippen molar-refractivity contribution in [1.82, 2.24) is 15.1 Å². The third kappa shape index (κ3) is 2.87. The normalized spacial score (nSPS) is 14.6. The lowest BCUT2D eigenvalue weighted by Crippen LogP contribution is -2.36. The van der Waals surface area contributed by atoms with Gasteiger partial charge in [-0.1, -0.05) is 0 Å². The Balaban J connectivity index is 1.53. The predicted octanol–water partition coefficient (Wildman–Crippen LogP) is 2.19. The Hall–Kier alpha value is -2.45. The number of hydrogen-bond donors (Lipinski definition) is 2. The van der Waals surface area contributed by atoms with E-state index in [1.807, 2.05) is 0 Å². The number of nitrogens with zero attached hydrogens (tertiary/aromatic N) is 2. The van der Waals surface area contributed by atoms with E-state index < -0.39 is 0 Å². The lowest BCUT2D eigenvalue weighted by molar-refractivity contribution is -0.117. The molecule has 1 aliphatic rings. The summed E-state index contributed by atoms with van der Waals surface area (Å²) < 4.78 is 5.62. The first-order chi connectivity index (χ1) is 12.0. The number of furan rings is 1. The Morgan fingerprint density at radius 2 is 2.28 bits per heavy atom. The number of anilines is 1. The van der Waals surface area contributed by atoms with Crippen molar-refractivity contribution in [2.75, 3.05) is 18.4 Å². The zero-order chi connectivity index (χ0) is 17.6. The Labute approximate surface area is 147 Å². The van der Waals surface area contributed by atoms with E-state index in [4.69, 9.17) is 4.42 Å². The maximum absolute atomic E-state index is 12.4. The quantitative estimate of drug-likeness (QED) is 0.749. The largest absolute Gasteiger partial charge is 0.444 e. The Kier molecular flexibility index (Phi) is 3.93. The molecule has 0 saturated heterocycles. The molecule has 3 aromatic rings. The Morgan fingerprint density at radius 3 is 3.12 bits per heavy atom. The Bertz CT molecular complexity index is 1020. The molecule has 25 heavy (non-hydrogen) atoms. The molecular weight excluding hydrogens is 340 g/mol. The number of hydrogen-bond acceptors (Lipinski definition) is 6. The number of carbonyl (C=O) groups is 1. The van der Waals surface area contributed by atoms with Crippen LogP contribution >= 0.6 is 11.3 Å². The predicted molar refractivity (Wildman–Crippen MR) is 96.0 cm³/mol. The van der Waals surface area contributed by atoms with E-state index in [1.165, 1.54) is 10.4 Å². The van der Waals surface area contributed by atoms with Crippen molar-refractivity contribution in [3.63, 3.8) is 0 Å². The van der Waals surface area contributed by atoms with Gasteiger partial charge in [0.1, 0.15) is 11.1 Å². The number of rotatable bonds is 3. The van der Waals surface area contributed by atoms with E-state index in [-0.39, 0.29) is 23.9 Å². The number of carbonyl (C=O) groups excluding carboxylic acids is 1. The van der Waals surface area contributed by atoms with E-state index in [0.29, 0.717) is 22.2 Å². The van der Waals surface area contributed by atoms with Crippen LogP contribution in [-0.4, -0.2) is 34.1 Å². The highest BCUT2D eigenvalue weighted by Crippen LogP contribution is 2.28. The molecule has 0 spiro atoms. The molecule has 0 fully saturated rings. The summed E-state index contributed by atoms with van der Waals surface area (Å²) in [6.07, 6.45) is 0.966. The highest BCUT2D eigenvalue weighted by molar-refractivity contribution is 7.10. The highest BCUT2D eigenvalue weighted by Gasteiger charge is 2.22. The molecule has 0 radical (unpaired) electrons. The average Bonchev–Trinajstić information content (AvgIpc) is 3.15. The smallest absolute Gasteiger partial charge is 0.277 e. The third-order valence-corrected chi connectivity index (χ3v) is 5.53. The van der Waals surface area contributed by atoms with Crippen molar-refractivity contribution >= 4 is 33.9 Å². The van der Waals surface area contributed by atoms with Crippen LogP contribution < -0.4 is 10.9 Å². The molecule has 1 aliphatic heterocycles. The average molecular weight is 358 g/mol. The van der Waals surface area contributed by atoms with Gasteiger partial charge in [-0.25, -0.2) is 5.10 Å². The van der Waals surface area contributed by atoms with Crippen LogP contribution in [0.2, 0.25) is 0 Å². The van der Waals surface area contributed by atoms with Crippen LogP contribution in [0.4, 0.5) is 5.88 Å². The van der Waals surface area contributed by atoms with Crippen LogP contribution in [0.1, 0.15) is 21.9 Å². The lowest BCUT2D eigenvalue weighted by atomic mass is 10.1. The summed E-state index contributed by atoms with van der Waals surface area (Å²) in [6, 6.07) is 2.11. The van der Waals surface area contributed by atoms with Gasteiger partial charge in [-0.15, -0.1) is 11.3 Å². The van der Waals surface area contributed by atoms with Crippen molar-refractivity contribution in [2.24, 2.45) is 0 Å². The molecule has 7 nitrogen and oxygen atoms in total. The second kappa shape index (κ2) is 6.12. The summed E-state index contributed by atoms with van der Waals surface area (Å²) in [4.78, 5) is 28.0. The molecule has 8 heteroatoms. The van der Waals surface area contributed by atoms with Crippen molar-refractivity contribution in [2.45, 2.75) is 26.8 Å².